The monoisotopic (exact) mass is 392 g/mol. The number of rotatable bonds is 5. The molecule has 1 amide bonds. The Kier molecular flexibility index (Phi) is 5.87. The Balaban J connectivity index is 1.73. The summed E-state index contributed by atoms with van der Waals surface area (Å²) in [4.78, 5) is 16.3. The molecule has 0 atom stereocenters. The number of benzene rings is 2. The molecule has 28 heavy (non-hydrogen) atoms. The molecule has 1 aliphatic heterocycles. The summed E-state index contributed by atoms with van der Waals surface area (Å²) in [6.45, 7) is 2.06. The number of halogens is 2. The number of nitrogens with zero attached hydrogens (tertiary/aromatic N) is 2. The molecule has 1 heterocycles. The van der Waals surface area contributed by atoms with Gasteiger partial charge in [-0.3, -0.25) is 4.79 Å². The smallest absolute Gasteiger partial charge is 0.254 e. The summed E-state index contributed by atoms with van der Waals surface area (Å²) in [6, 6.07) is 6.91. The molecule has 0 aliphatic carbocycles. The van der Waals surface area contributed by atoms with Crippen molar-refractivity contribution < 1.29 is 27.8 Å². The van der Waals surface area contributed by atoms with Gasteiger partial charge in [-0.15, -0.1) is 0 Å². The van der Waals surface area contributed by atoms with Gasteiger partial charge in [0.05, 0.1) is 21.3 Å². The van der Waals surface area contributed by atoms with E-state index < -0.39 is 11.6 Å². The molecule has 0 bridgehead atoms. The first-order chi connectivity index (χ1) is 13.5. The fourth-order valence-corrected chi connectivity index (χ4v) is 3.23. The summed E-state index contributed by atoms with van der Waals surface area (Å²) in [7, 11) is 4.65. The Morgan fingerprint density at radius 2 is 1.46 bits per heavy atom. The highest BCUT2D eigenvalue weighted by Crippen LogP contribution is 2.41. The Morgan fingerprint density at radius 1 is 0.857 bits per heavy atom. The van der Waals surface area contributed by atoms with E-state index in [1.165, 1.54) is 6.07 Å². The van der Waals surface area contributed by atoms with E-state index in [9.17, 15) is 13.6 Å². The minimum atomic E-state index is -1.03. The predicted molar refractivity (Wildman–Crippen MR) is 101 cm³/mol. The van der Waals surface area contributed by atoms with Gasteiger partial charge in [-0.1, -0.05) is 0 Å². The molecule has 1 aliphatic rings. The number of methoxy groups -OCH3 is 3. The molecule has 0 N–H and O–H groups in total. The van der Waals surface area contributed by atoms with E-state index in [0.717, 1.165) is 17.8 Å². The van der Waals surface area contributed by atoms with Crippen molar-refractivity contribution >= 4 is 11.6 Å². The van der Waals surface area contributed by atoms with Crippen molar-refractivity contribution in [2.75, 3.05) is 52.4 Å². The third-order valence-corrected chi connectivity index (χ3v) is 4.75. The molecule has 0 unspecified atom stereocenters. The van der Waals surface area contributed by atoms with E-state index in [1.54, 1.807) is 26.2 Å². The maximum Gasteiger partial charge on any atom is 0.254 e. The van der Waals surface area contributed by atoms with Crippen LogP contribution in [0, 0.1) is 11.6 Å². The average molecular weight is 392 g/mol. The van der Waals surface area contributed by atoms with E-state index >= 15 is 0 Å². The molecule has 150 valence electrons. The lowest BCUT2D eigenvalue weighted by atomic mass is 10.1. The lowest BCUT2D eigenvalue weighted by molar-refractivity contribution is 0.0746. The predicted octanol–water partition coefficient (Wildman–Crippen LogP) is 2.95. The Bertz CT molecular complexity index is 842. The van der Waals surface area contributed by atoms with Crippen molar-refractivity contribution in [3.63, 3.8) is 0 Å². The van der Waals surface area contributed by atoms with Crippen LogP contribution in [0.2, 0.25) is 0 Å². The summed E-state index contributed by atoms with van der Waals surface area (Å²) in [5.41, 5.74) is 1.02. The highest BCUT2D eigenvalue weighted by molar-refractivity contribution is 5.94. The van der Waals surface area contributed by atoms with Gasteiger partial charge in [0.2, 0.25) is 5.75 Å². The number of amides is 1. The van der Waals surface area contributed by atoms with E-state index in [-0.39, 0.29) is 11.5 Å². The van der Waals surface area contributed by atoms with E-state index in [2.05, 4.69) is 4.90 Å². The summed E-state index contributed by atoms with van der Waals surface area (Å²) in [6.07, 6.45) is 0. The van der Waals surface area contributed by atoms with E-state index in [4.69, 9.17) is 14.2 Å². The fraction of sp³-hybridized carbons (Fsp3) is 0.350. The van der Waals surface area contributed by atoms with Crippen LogP contribution >= 0.6 is 0 Å². The number of ether oxygens (including phenoxy) is 3. The molecule has 2 aromatic rings. The van der Waals surface area contributed by atoms with Crippen LogP contribution < -0.4 is 19.1 Å². The van der Waals surface area contributed by atoms with E-state index in [0.29, 0.717) is 43.4 Å². The van der Waals surface area contributed by atoms with E-state index in [1.807, 2.05) is 12.1 Å². The summed E-state index contributed by atoms with van der Waals surface area (Å²) in [5.74, 6) is -0.690. The second kappa shape index (κ2) is 8.33. The molecule has 0 radical (unpaired) electrons. The van der Waals surface area contributed by atoms with Crippen molar-refractivity contribution in [1.29, 1.82) is 0 Å². The molecular weight excluding hydrogens is 370 g/mol. The van der Waals surface area contributed by atoms with Crippen LogP contribution in [-0.2, 0) is 0 Å². The zero-order valence-corrected chi connectivity index (χ0v) is 16.0. The van der Waals surface area contributed by atoms with Crippen LogP contribution in [0.5, 0.6) is 17.2 Å². The first kappa shape index (κ1) is 19.7. The summed E-state index contributed by atoms with van der Waals surface area (Å²) >= 11 is 0. The van der Waals surface area contributed by atoms with Crippen molar-refractivity contribution in [3.8, 4) is 17.2 Å². The van der Waals surface area contributed by atoms with Crippen LogP contribution in [0.4, 0.5) is 14.5 Å². The van der Waals surface area contributed by atoms with Crippen molar-refractivity contribution in [2.45, 2.75) is 0 Å². The van der Waals surface area contributed by atoms with Gasteiger partial charge in [-0.05, 0) is 18.2 Å². The van der Waals surface area contributed by atoms with Crippen LogP contribution in [0.15, 0.2) is 30.3 Å². The van der Waals surface area contributed by atoms with Gasteiger partial charge in [-0.2, -0.15) is 0 Å². The maximum atomic E-state index is 13.4. The van der Waals surface area contributed by atoms with Gasteiger partial charge >= 0.3 is 0 Å². The largest absolute Gasteiger partial charge is 0.493 e. The van der Waals surface area contributed by atoms with Crippen LogP contribution in [0.1, 0.15) is 10.4 Å². The van der Waals surface area contributed by atoms with Gasteiger partial charge in [-0.25, -0.2) is 8.78 Å². The van der Waals surface area contributed by atoms with Crippen molar-refractivity contribution in [2.24, 2.45) is 0 Å². The zero-order chi connectivity index (χ0) is 20.3. The topological polar surface area (TPSA) is 51.2 Å². The van der Waals surface area contributed by atoms with Crippen LogP contribution in [-0.4, -0.2) is 58.3 Å². The molecule has 0 spiro atoms. The highest BCUT2D eigenvalue weighted by Gasteiger charge is 2.24. The third-order valence-electron chi connectivity index (χ3n) is 4.75. The number of carbonyl (C=O) groups excluding carboxylic acids is 1. The second-order valence-electron chi connectivity index (χ2n) is 6.29. The lowest BCUT2D eigenvalue weighted by Crippen LogP contribution is -2.48. The Morgan fingerprint density at radius 3 is 1.96 bits per heavy atom. The number of carbonyl (C=O) groups is 1. The number of hydrogen-bond donors (Lipinski definition) is 0. The quantitative estimate of drug-likeness (QED) is 0.783. The van der Waals surface area contributed by atoms with Crippen molar-refractivity contribution in [3.05, 3.63) is 47.5 Å². The molecule has 0 saturated carbocycles. The van der Waals surface area contributed by atoms with Gasteiger partial charge < -0.3 is 24.0 Å². The summed E-state index contributed by atoms with van der Waals surface area (Å²) < 4.78 is 42.6. The first-order valence-electron chi connectivity index (χ1n) is 8.77. The molecule has 1 fully saturated rings. The third kappa shape index (κ3) is 3.81. The second-order valence-corrected chi connectivity index (χ2v) is 6.29. The molecule has 2 aromatic carbocycles. The molecule has 1 saturated heterocycles. The maximum absolute atomic E-state index is 13.4. The Hall–Kier alpha value is -3.03. The fourth-order valence-electron chi connectivity index (χ4n) is 3.23. The Labute approximate surface area is 162 Å². The highest BCUT2D eigenvalue weighted by atomic mass is 19.2. The minimum Gasteiger partial charge on any atom is -0.493 e. The number of piperazine rings is 1. The minimum absolute atomic E-state index is 0.139. The van der Waals surface area contributed by atoms with Gasteiger partial charge in [0.25, 0.3) is 5.91 Å². The molecule has 0 aromatic heterocycles. The van der Waals surface area contributed by atoms with Gasteiger partial charge in [0.1, 0.15) is 0 Å². The lowest BCUT2D eigenvalue weighted by Gasteiger charge is -2.36. The summed E-state index contributed by atoms with van der Waals surface area (Å²) in [5, 5.41) is 0. The van der Waals surface area contributed by atoms with Crippen LogP contribution in [0.3, 0.4) is 0 Å². The SMILES string of the molecule is COc1cc(N2CCN(C(=O)c3ccc(F)c(F)c3)CC2)cc(OC)c1OC. The zero-order valence-electron chi connectivity index (χ0n) is 16.0. The molecular formula is C20H22F2N2O4. The normalized spacial score (nSPS) is 14.0. The standard InChI is InChI=1S/C20H22F2N2O4/c1-26-17-11-14(12-18(27-2)19(17)28-3)23-6-8-24(9-7-23)20(25)13-4-5-15(21)16(22)10-13/h4-5,10-12H,6-9H2,1-3H3. The first-order valence-corrected chi connectivity index (χ1v) is 8.77. The molecule has 8 heteroatoms. The molecule has 3 rings (SSSR count). The van der Waals surface area contributed by atoms with Gasteiger partial charge in [0.15, 0.2) is 23.1 Å². The van der Waals surface area contributed by atoms with Crippen molar-refractivity contribution in [1.82, 2.24) is 4.90 Å². The van der Waals surface area contributed by atoms with Crippen LogP contribution in [0.25, 0.3) is 0 Å². The number of anilines is 1. The number of hydrogen-bond acceptors (Lipinski definition) is 5. The van der Waals surface area contributed by atoms with Gasteiger partial charge in [0, 0.05) is 49.6 Å². The average Bonchev–Trinajstić information content (AvgIpc) is 2.74. The molecule has 6 nitrogen and oxygen atoms in total.